The van der Waals surface area contributed by atoms with Crippen molar-refractivity contribution in [3.63, 3.8) is 0 Å². The Morgan fingerprint density at radius 3 is 2.77 bits per heavy atom. The Kier molecular flexibility index (Phi) is 4.33. The van der Waals surface area contributed by atoms with Crippen LogP contribution in [0.15, 0.2) is 28.6 Å². The minimum atomic E-state index is -0.0599. The van der Waals surface area contributed by atoms with Crippen LogP contribution in [0.1, 0.15) is 47.1 Å². The maximum absolute atomic E-state index is 12.2. The molecular weight excluding hydrogens is 300 g/mol. The Hall–Kier alpha value is -2.02. The number of carbonyl (C=O) groups is 1. The number of aromatic nitrogens is 3. The van der Waals surface area contributed by atoms with Gasteiger partial charge in [0.2, 0.25) is 0 Å². The van der Waals surface area contributed by atoms with Crippen molar-refractivity contribution in [2.24, 2.45) is 0 Å². The van der Waals surface area contributed by atoms with Gasteiger partial charge in [-0.3, -0.25) is 9.59 Å². The molecule has 1 fully saturated rings. The topological polar surface area (TPSA) is 76.9 Å². The SMILES string of the molecule is Cc1ncsc1C(=O)NC1CCC(n2ncccc2=O)CC1. The minimum absolute atomic E-state index is 0.0431. The summed E-state index contributed by atoms with van der Waals surface area (Å²) >= 11 is 1.37. The van der Waals surface area contributed by atoms with Gasteiger partial charge in [0.1, 0.15) is 4.88 Å². The summed E-state index contributed by atoms with van der Waals surface area (Å²) in [5.74, 6) is -0.0431. The summed E-state index contributed by atoms with van der Waals surface area (Å²) in [4.78, 5) is 28.8. The van der Waals surface area contributed by atoms with Gasteiger partial charge in [-0.2, -0.15) is 5.10 Å². The highest BCUT2D eigenvalue weighted by molar-refractivity contribution is 7.11. The molecule has 0 unspecified atom stereocenters. The van der Waals surface area contributed by atoms with Crippen molar-refractivity contribution in [1.82, 2.24) is 20.1 Å². The van der Waals surface area contributed by atoms with E-state index in [1.807, 2.05) is 6.92 Å². The lowest BCUT2D eigenvalue weighted by atomic mass is 9.91. The second kappa shape index (κ2) is 6.39. The smallest absolute Gasteiger partial charge is 0.266 e. The zero-order valence-electron chi connectivity index (χ0n) is 12.4. The predicted octanol–water partition coefficient (Wildman–Crippen LogP) is 1.92. The van der Waals surface area contributed by atoms with Crippen LogP contribution < -0.4 is 10.9 Å². The highest BCUT2D eigenvalue weighted by Crippen LogP contribution is 2.27. The summed E-state index contributed by atoms with van der Waals surface area (Å²) in [6.45, 7) is 1.84. The molecule has 2 aromatic rings. The van der Waals surface area contributed by atoms with Gasteiger partial charge in [-0.15, -0.1) is 11.3 Å². The molecule has 2 heterocycles. The lowest BCUT2D eigenvalue weighted by Gasteiger charge is -2.29. The lowest BCUT2D eigenvalue weighted by Crippen LogP contribution is -2.39. The normalized spacial score (nSPS) is 21.5. The third-order valence-corrected chi connectivity index (χ3v) is 5.00. The molecule has 7 heteroatoms. The van der Waals surface area contributed by atoms with Gasteiger partial charge < -0.3 is 5.32 Å². The number of rotatable bonds is 3. The molecule has 0 atom stereocenters. The molecule has 1 N–H and O–H groups in total. The molecule has 0 saturated heterocycles. The average molecular weight is 318 g/mol. The molecule has 1 saturated carbocycles. The van der Waals surface area contributed by atoms with Crippen molar-refractivity contribution in [3.05, 3.63) is 44.8 Å². The van der Waals surface area contributed by atoms with E-state index in [1.54, 1.807) is 22.5 Å². The van der Waals surface area contributed by atoms with Crippen molar-refractivity contribution < 1.29 is 4.79 Å². The molecule has 0 aromatic carbocycles. The van der Waals surface area contributed by atoms with E-state index in [-0.39, 0.29) is 23.6 Å². The van der Waals surface area contributed by atoms with Gasteiger partial charge in [0, 0.05) is 18.3 Å². The molecule has 0 radical (unpaired) electrons. The van der Waals surface area contributed by atoms with E-state index in [1.165, 1.54) is 17.4 Å². The van der Waals surface area contributed by atoms with Crippen molar-refractivity contribution in [2.45, 2.75) is 44.7 Å². The Morgan fingerprint density at radius 2 is 2.14 bits per heavy atom. The van der Waals surface area contributed by atoms with Crippen LogP contribution in [0, 0.1) is 6.92 Å². The molecule has 1 amide bonds. The van der Waals surface area contributed by atoms with Gasteiger partial charge in [-0.1, -0.05) is 0 Å². The van der Waals surface area contributed by atoms with E-state index >= 15 is 0 Å². The van der Waals surface area contributed by atoms with E-state index in [2.05, 4.69) is 15.4 Å². The largest absolute Gasteiger partial charge is 0.349 e. The number of aryl methyl sites for hydroxylation is 1. The Morgan fingerprint density at radius 1 is 1.36 bits per heavy atom. The number of nitrogens with one attached hydrogen (secondary N) is 1. The molecule has 0 spiro atoms. The molecule has 6 nitrogen and oxygen atoms in total. The molecule has 1 aliphatic rings. The summed E-state index contributed by atoms with van der Waals surface area (Å²) in [6.07, 6.45) is 5.06. The second-order valence-electron chi connectivity index (χ2n) is 5.55. The maximum atomic E-state index is 12.2. The van der Waals surface area contributed by atoms with E-state index in [9.17, 15) is 9.59 Å². The minimum Gasteiger partial charge on any atom is -0.349 e. The number of hydrogen-bond acceptors (Lipinski definition) is 5. The van der Waals surface area contributed by atoms with E-state index in [0.29, 0.717) is 4.88 Å². The van der Waals surface area contributed by atoms with Gasteiger partial charge in [-0.05, 0) is 38.7 Å². The molecule has 1 aliphatic carbocycles. The van der Waals surface area contributed by atoms with E-state index in [0.717, 1.165) is 31.4 Å². The van der Waals surface area contributed by atoms with Gasteiger partial charge in [0.15, 0.2) is 0 Å². The maximum Gasteiger partial charge on any atom is 0.266 e. The number of amides is 1. The van der Waals surface area contributed by atoms with Crippen LogP contribution in [-0.2, 0) is 0 Å². The van der Waals surface area contributed by atoms with Gasteiger partial charge in [0.25, 0.3) is 11.5 Å². The van der Waals surface area contributed by atoms with Crippen molar-refractivity contribution >= 4 is 17.2 Å². The zero-order chi connectivity index (χ0) is 15.5. The van der Waals surface area contributed by atoms with E-state index < -0.39 is 0 Å². The van der Waals surface area contributed by atoms with Crippen LogP contribution >= 0.6 is 11.3 Å². The fourth-order valence-corrected chi connectivity index (χ4v) is 3.58. The van der Waals surface area contributed by atoms with Crippen LogP contribution in [0.25, 0.3) is 0 Å². The van der Waals surface area contributed by atoms with Crippen molar-refractivity contribution in [2.75, 3.05) is 0 Å². The van der Waals surface area contributed by atoms with Crippen molar-refractivity contribution in [3.8, 4) is 0 Å². The zero-order valence-corrected chi connectivity index (χ0v) is 13.2. The molecule has 116 valence electrons. The first-order chi connectivity index (χ1) is 10.6. The molecule has 2 aromatic heterocycles. The summed E-state index contributed by atoms with van der Waals surface area (Å²) in [7, 11) is 0. The number of hydrogen-bond donors (Lipinski definition) is 1. The quantitative estimate of drug-likeness (QED) is 0.938. The lowest BCUT2D eigenvalue weighted by molar-refractivity contribution is 0.0924. The fraction of sp³-hybridized carbons (Fsp3) is 0.467. The summed E-state index contributed by atoms with van der Waals surface area (Å²) in [5, 5.41) is 7.22. The highest BCUT2D eigenvalue weighted by Gasteiger charge is 2.25. The summed E-state index contributed by atoms with van der Waals surface area (Å²) in [5.41, 5.74) is 2.40. The number of nitrogens with zero attached hydrogens (tertiary/aromatic N) is 3. The first-order valence-corrected chi connectivity index (χ1v) is 8.28. The van der Waals surface area contributed by atoms with Gasteiger partial charge in [0.05, 0.1) is 17.2 Å². The van der Waals surface area contributed by atoms with Gasteiger partial charge in [-0.25, -0.2) is 9.67 Å². The van der Waals surface area contributed by atoms with E-state index in [4.69, 9.17) is 0 Å². The molecule has 0 aliphatic heterocycles. The van der Waals surface area contributed by atoms with Crippen LogP contribution in [-0.4, -0.2) is 26.7 Å². The Labute approximate surface area is 132 Å². The average Bonchev–Trinajstić information content (AvgIpc) is 2.95. The summed E-state index contributed by atoms with van der Waals surface area (Å²) < 4.78 is 1.56. The predicted molar refractivity (Wildman–Crippen MR) is 84.1 cm³/mol. The van der Waals surface area contributed by atoms with Crippen LogP contribution in [0.4, 0.5) is 0 Å². The first kappa shape index (κ1) is 14.9. The first-order valence-electron chi connectivity index (χ1n) is 7.40. The van der Waals surface area contributed by atoms with Crippen LogP contribution in [0.5, 0.6) is 0 Å². The third kappa shape index (κ3) is 3.09. The Balaban J connectivity index is 1.58. The fourth-order valence-electron chi connectivity index (χ4n) is 2.88. The molecule has 22 heavy (non-hydrogen) atoms. The third-order valence-electron chi connectivity index (χ3n) is 4.07. The van der Waals surface area contributed by atoms with Gasteiger partial charge >= 0.3 is 0 Å². The number of carbonyl (C=O) groups excluding carboxylic acids is 1. The molecule has 3 rings (SSSR count). The van der Waals surface area contributed by atoms with Crippen molar-refractivity contribution in [1.29, 1.82) is 0 Å². The second-order valence-corrected chi connectivity index (χ2v) is 6.41. The Bertz CT molecular complexity index is 716. The molecule has 0 bridgehead atoms. The van der Waals surface area contributed by atoms with Crippen LogP contribution in [0.3, 0.4) is 0 Å². The molecular formula is C15H18N4O2S. The number of thiazole rings is 1. The highest BCUT2D eigenvalue weighted by atomic mass is 32.1. The standard InChI is InChI=1S/C15H18N4O2S/c1-10-14(22-9-16-10)15(21)18-11-4-6-12(7-5-11)19-13(20)3-2-8-17-19/h2-3,8-9,11-12H,4-7H2,1H3,(H,18,21). The van der Waals surface area contributed by atoms with Crippen LogP contribution in [0.2, 0.25) is 0 Å². The monoisotopic (exact) mass is 318 g/mol. The summed E-state index contributed by atoms with van der Waals surface area (Å²) in [6, 6.07) is 3.48.